The van der Waals surface area contributed by atoms with Crippen molar-refractivity contribution < 1.29 is 4.74 Å². The number of anilines is 1. The van der Waals surface area contributed by atoms with Crippen LogP contribution in [0.1, 0.15) is 32.1 Å². The van der Waals surface area contributed by atoms with E-state index >= 15 is 0 Å². The van der Waals surface area contributed by atoms with Crippen molar-refractivity contribution in [2.75, 3.05) is 12.4 Å². The molecule has 2 aromatic heterocycles. The molecule has 0 aliphatic heterocycles. The highest BCUT2D eigenvalue weighted by Gasteiger charge is 2.19. The van der Waals surface area contributed by atoms with Crippen LogP contribution in [-0.4, -0.2) is 32.7 Å². The molecule has 6 nitrogen and oxygen atoms in total. The summed E-state index contributed by atoms with van der Waals surface area (Å²) < 4.78 is 7.41. The Hall–Kier alpha value is -2.83. The van der Waals surface area contributed by atoms with Gasteiger partial charge >= 0.3 is 0 Å². The second-order valence-corrected chi connectivity index (χ2v) is 8.79. The maximum atomic E-state index is 6.32. The summed E-state index contributed by atoms with van der Waals surface area (Å²) in [5.41, 5.74) is 2.55. The first kappa shape index (κ1) is 21.0. The first-order chi connectivity index (χ1) is 15.6. The van der Waals surface area contributed by atoms with Crippen molar-refractivity contribution in [1.82, 2.24) is 19.5 Å². The molecule has 164 valence electrons. The Morgan fingerprint density at radius 3 is 2.59 bits per heavy atom. The number of fused-ring (bicyclic) bond motifs is 1. The lowest BCUT2D eigenvalue weighted by molar-refractivity contribution is 0.415. The SMILES string of the molecule is COc1ccc2c(c1)nc(-c1ccc(Cl)c(Cl)c1)n2-c1ccnc(NC2CCCCC2)n1. The Balaban J connectivity index is 1.63. The van der Waals surface area contributed by atoms with Crippen molar-refractivity contribution in [2.45, 2.75) is 38.1 Å². The van der Waals surface area contributed by atoms with Crippen LogP contribution in [0.2, 0.25) is 10.0 Å². The number of rotatable bonds is 5. The number of aromatic nitrogens is 4. The van der Waals surface area contributed by atoms with Crippen LogP contribution < -0.4 is 10.1 Å². The Bertz CT molecular complexity index is 1270. The predicted molar refractivity (Wildman–Crippen MR) is 129 cm³/mol. The molecule has 8 heteroatoms. The number of methoxy groups -OCH3 is 1. The van der Waals surface area contributed by atoms with E-state index in [1.54, 1.807) is 19.4 Å². The summed E-state index contributed by atoms with van der Waals surface area (Å²) in [7, 11) is 1.64. The van der Waals surface area contributed by atoms with Gasteiger partial charge in [-0.3, -0.25) is 4.57 Å². The highest BCUT2D eigenvalue weighted by Crippen LogP contribution is 2.33. The van der Waals surface area contributed by atoms with Crippen LogP contribution in [0.5, 0.6) is 5.75 Å². The smallest absolute Gasteiger partial charge is 0.224 e. The second kappa shape index (κ2) is 8.96. The number of hydrogen-bond acceptors (Lipinski definition) is 5. The molecule has 0 atom stereocenters. The van der Waals surface area contributed by atoms with E-state index in [2.05, 4.69) is 10.3 Å². The minimum atomic E-state index is 0.414. The molecule has 1 aliphatic rings. The first-order valence-corrected chi connectivity index (χ1v) is 11.5. The number of ether oxygens (including phenoxy) is 1. The largest absolute Gasteiger partial charge is 0.497 e. The topological polar surface area (TPSA) is 64.9 Å². The van der Waals surface area contributed by atoms with Gasteiger partial charge < -0.3 is 10.1 Å². The highest BCUT2D eigenvalue weighted by molar-refractivity contribution is 6.42. The van der Waals surface area contributed by atoms with Crippen LogP contribution in [0.3, 0.4) is 0 Å². The Kier molecular flexibility index (Phi) is 5.89. The van der Waals surface area contributed by atoms with E-state index in [9.17, 15) is 0 Å². The van der Waals surface area contributed by atoms with Crippen molar-refractivity contribution in [3.8, 4) is 23.0 Å². The Labute approximate surface area is 196 Å². The van der Waals surface area contributed by atoms with Crippen LogP contribution in [0, 0.1) is 0 Å². The van der Waals surface area contributed by atoms with Crippen molar-refractivity contribution in [2.24, 2.45) is 0 Å². The van der Waals surface area contributed by atoms with Gasteiger partial charge in [-0.15, -0.1) is 0 Å². The molecule has 4 aromatic rings. The lowest BCUT2D eigenvalue weighted by atomic mass is 9.96. The van der Waals surface area contributed by atoms with Crippen molar-refractivity contribution in [3.05, 3.63) is 58.7 Å². The van der Waals surface area contributed by atoms with Gasteiger partial charge in [-0.1, -0.05) is 42.5 Å². The van der Waals surface area contributed by atoms with Gasteiger partial charge in [0.25, 0.3) is 0 Å². The molecular formula is C24H23Cl2N5O. The van der Waals surface area contributed by atoms with Crippen LogP contribution >= 0.6 is 23.2 Å². The van der Waals surface area contributed by atoms with Crippen LogP contribution in [0.4, 0.5) is 5.95 Å². The number of nitrogens with one attached hydrogen (secondary N) is 1. The number of hydrogen-bond donors (Lipinski definition) is 1. The molecule has 2 aromatic carbocycles. The summed E-state index contributed by atoms with van der Waals surface area (Å²) in [6.45, 7) is 0. The fraction of sp³-hybridized carbons (Fsp3) is 0.292. The van der Waals surface area contributed by atoms with E-state index < -0.39 is 0 Å². The van der Waals surface area contributed by atoms with Gasteiger partial charge in [-0.2, -0.15) is 4.98 Å². The minimum absolute atomic E-state index is 0.414. The molecule has 0 unspecified atom stereocenters. The lowest BCUT2D eigenvalue weighted by Crippen LogP contribution is -2.23. The first-order valence-electron chi connectivity index (χ1n) is 10.7. The third kappa shape index (κ3) is 4.12. The number of imidazole rings is 1. The third-order valence-corrected chi connectivity index (χ3v) is 6.59. The normalized spacial score (nSPS) is 14.6. The van der Waals surface area contributed by atoms with Gasteiger partial charge in [0.1, 0.15) is 17.4 Å². The molecule has 2 heterocycles. The molecule has 32 heavy (non-hydrogen) atoms. The van der Waals surface area contributed by atoms with Crippen LogP contribution in [-0.2, 0) is 0 Å². The van der Waals surface area contributed by atoms with Gasteiger partial charge in [0.15, 0.2) is 0 Å². The van der Waals surface area contributed by atoms with E-state index in [0.717, 1.165) is 41.0 Å². The van der Waals surface area contributed by atoms with Gasteiger partial charge in [0.05, 0.1) is 28.2 Å². The molecule has 0 bridgehead atoms. The predicted octanol–water partition coefficient (Wildman–Crippen LogP) is 6.54. The Morgan fingerprint density at radius 1 is 0.969 bits per heavy atom. The van der Waals surface area contributed by atoms with Crippen LogP contribution in [0.25, 0.3) is 28.2 Å². The summed E-state index contributed by atoms with van der Waals surface area (Å²) in [6, 6.07) is 13.6. The van der Waals surface area contributed by atoms with Gasteiger partial charge in [-0.25, -0.2) is 9.97 Å². The maximum Gasteiger partial charge on any atom is 0.224 e. The zero-order chi connectivity index (χ0) is 22.1. The molecule has 1 N–H and O–H groups in total. The lowest BCUT2D eigenvalue weighted by Gasteiger charge is -2.22. The molecule has 5 rings (SSSR count). The van der Waals surface area contributed by atoms with Gasteiger partial charge in [0, 0.05) is 23.9 Å². The summed E-state index contributed by atoms with van der Waals surface area (Å²) in [5, 5.41) is 4.49. The molecule has 0 spiro atoms. The number of benzene rings is 2. The van der Waals surface area contributed by atoms with Crippen molar-refractivity contribution >= 4 is 40.2 Å². The van der Waals surface area contributed by atoms with E-state index in [-0.39, 0.29) is 0 Å². The summed E-state index contributed by atoms with van der Waals surface area (Å²) in [5.74, 6) is 2.82. The maximum absolute atomic E-state index is 6.32. The van der Waals surface area contributed by atoms with E-state index in [1.165, 1.54) is 19.3 Å². The second-order valence-electron chi connectivity index (χ2n) is 7.97. The van der Waals surface area contributed by atoms with Crippen molar-refractivity contribution in [3.63, 3.8) is 0 Å². The fourth-order valence-electron chi connectivity index (χ4n) is 4.22. The van der Waals surface area contributed by atoms with Crippen LogP contribution in [0.15, 0.2) is 48.7 Å². The van der Waals surface area contributed by atoms with Gasteiger partial charge in [0.2, 0.25) is 5.95 Å². The molecule has 0 saturated heterocycles. The van der Waals surface area contributed by atoms with E-state index in [4.69, 9.17) is 37.9 Å². The quantitative estimate of drug-likeness (QED) is 0.360. The molecule has 1 aliphatic carbocycles. The number of nitrogens with zero attached hydrogens (tertiary/aromatic N) is 4. The molecule has 1 saturated carbocycles. The van der Waals surface area contributed by atoms with E-state index in [0.29, 0.717) is 27.9 Å². The zero-order valence-electron chi connectivity index (χ0n) is 17.7. The molecule has 1 fully saturated rings. The number of halogens is 2. The average molecular weight is 468 g/mol. The average Bonchev–Trinajstić information content (AvgIpc) is 3.20. The standard InChI is InChI=1S/C24H23Cl2N5O/c1-32-17-8-10-21-20(14-17)29-23(15-7-9-18(25)19(26)13-15)31(21)22-11-12-27-24(30-22)28-16-5-3-2-4-6-16/h7-14,16H,2-6H2,1H3,(H,27,28,30). The third-order valence-electron chi connectivity index (χ3n) is 5.85. The van der Waals surface area contributed by atoms with E-state index in [1.807, 2.05) is 41.0 Å². The zero-order valence-corrected chi connectivity index (χ0v) is 19.2. The van der Waals surface area contributed by atoms with Gasteiger partial charge in [-0.05, 0) is 49.2 Å². The minimum Gasteiger partial charge on any atom is -0.497 e. The monoisotopic (exact) mass is 467 g/mol. The van der Waals surface area contributed by atoms with Crippen molar-refractivity contribution in [1.29, 1.82) is 0 Å². The summed E-state index contributed by atoms with van der Waals surface area (Å²) in [6.07, 6.45) is 7.86. The fourth-order valence-corrected chi connectivity index (χ4v) is 4.52. The summed E-state index contributed by atoms with van der Waals surface area (Å²) in [4.78, 5) is 14.2. The molecule has 0 radical (unpaired) electrons. The molecule has 0 amide bonds. The molecular weight excluding hydrogens is 445 g/mol. The Morgan fingerprint density at radius 2 is 1.81 bits per heavy atom. The highest BCUT2D eigenvalue weighted by atomic mass is 35.5. The summed E-state index contributed by atoms with van der Waals surface area (Å²) >= 11 is 12.5.